The lowest BCUT2D eigenvalue weighted by Crippen LogP contribution is -3.05. The first kappa shape index (κ1) is 22.6. The largest absolute Gasteiger partial charge is 0.507 e. The molecule has 0 aromatic heterocycles. The zero-order valence-electron chi connectivity index (χ0n) is 18.6. The number of quaternary nitrogens is 1. The van der Waals surface area contributed by atoms with Crippen LogP contribution in [-0.4, -0.2) is 55.5 Å². The number of benzene rings is 2. The number of carbonyl (C=O) groups excluding carboxylic acids is 2. The van der Waals surface area contributed by atoms with Crippen LogP contribution in [-0.2, 0) is 9.59 Å². The molecule has 0 spiro atoms. The standard InChI is InChI=1S/C25H30N2O4/c1-5-31-20-9-6-8-19(16-20)22-21(23(28)18-12-10-17(2)11-13-18)24(29)25(30)27(22)15-7-14-26(3)4/h6,8-13,16,22,28H,5,7,14-15H2,1-4H3/p+1/t22-/m0/s1. The highest BCUT2D eigenvalue weighted by atomic mass is 16.5. The number of hydrogen-bond acceptors (Lipinski definition) is 4. The summed E-state index contributed by atoms with van der Waals surface area (Å²) < 4.78 is 5.63. The normalized spacial score (nSPS) is 18.1. The highest BCUT2D eigenvalue weighted by molar-refractivity contribution is 6.46. The van der Waals surface area contributed by atoms with Crippen molar-refractivity contribution < 1.29 is 24.3 Å². The van der Waals surface area contributed by atoms with E-state index in [1.165, 1.54) is 4.90 Å². The van der Waals surface area contributed by atoms with Gasteiger partial charge in [0.1, 0.15) is 11.5 Å². The van der Waals surface area contributed by atoms with Crippen LogP contribution in [0.3, 0.4) is 0 Å². The Balaban J connectivity index is 2.09. The summed E-state index contributed by atoms with van der Waals surface area (Å²) >= 11 is 0. The van der Waals surface area contributed by atoms with Crippen LogP contribution in [0, 0.1) is 6.92 Å². The third-order valence-corrected chi connectivity index (χ3v) is 5.43. The number of aliphatic hydroxyl groups excluding tert-OH is 1. The third kappa shape index (κ3) is 4.97. The average molecular weight is 424 g/mol. The van der Waals surface area contributed by atoms with Gasteiger partial charge in [-0.1, -0.05) is 42.0 Å². The number of ether oxygens (including phenoxy) is 1. The summed E-state index contributed by atoms with van der Waals surface area (Å²) in [6.45, 7) is 5.67. The quantitative estimate of drug-likeness (QED) is 0.389. The molecule has 0 bridgehead atoms. The summed E-state index contributed by atoms with van der Waals surface area (Å²) in [6, 6.07) is 14.0. The summed E-state index contributed by atoms with van der Waals surface area (Å²) in [7, 11) is 4.10. The van der Waals surface area contributed by atoms with Gasteiger partial charge in [0, 0.05) is 18.5 Å². The first-order chi connectivity index (χ1) is 14.8. The van der Waals surface area contributed by atoms with Gasteiger partial charge in [-0.25, -0.2) is 0 Å². The molecule has 1 saturated heterocycles. The summed E-state index contributed by atoms with van der Waals surface area (Å²) in [4.78, 5) is 28.9. The van der Waals surface area contributed by atoms with Gasteiger partial charge in [-0.05, 0) is 31.5 Å². The molecular weight excluding hydrogens is 392 g/mol. The van der Waals surface area contributed by atoms with Gasteiger partial charge < -0.3 is 19.6 Å². The van der Waals surface area contributed by atoms with E-state index in [0.717, 1.165) is 24.1 Å². The van der Waals surface area contributed by atoms with E-state index in [9.17, 15) is 14.7 Å². The summed E-state index contributed by atoms with van der Waals surface area (Å²) in [5.41, 5.74) is 2.44. The van der Waals surface area contributed by atoms with E-state index in [-0.39, 0.29) is 11.3 Å². The molecule has 164 valence electrons. The fourth-order valence-corrected chi connectivity index (χ4v) is 3.87. The van der Waals surface area contributed by atoms with Crippen LogP contribution in [0.25, 0.3) is 5.76 Å². The minimum Gasteiger partial charge on any atom is -0.507 e. The number of nitrogens with one attached hydrogen (secondary N) is 1. The first-order valence-electron chi connectivity index (χ1n) is 10.7. The van der Waals surface area contributed by atoms with Crippen LogP contribution in [0.4, 0.5) is 0 Å². The molecule has 3 rings (SSSR count). The number of ketones is 1. The number of rotatable bonds is 8. The summed E-state index contributed by atoms with van der Waals surface area (Å²) in [5.74, 6) is -0.708. The first-order valence-corrected chi connectivity index (χ1v) is 10.7. The zero-order valence-corrected chi connectivity index (χ0v) is 18.6. The zero-order chi connectivity index (χ0) is 22.5. The molecule has 1 atom stereocenters. The van der Waals surface area contributed by atoms with E-state index in [0.29, 0.717) is 24.5 Å². The van der Waals surface area contributed by atoms with Gasteiger partial charge in [0.2, 0.25) is 0 Å². The van der Waals surface area contributed by atoms with Crippen LogP contribution in [0.1, 0.15) is 36.1 Å². The molecule has 0 saturated carbocycles. The number of amides is 1. The van der Waals surface area contributed by atoms with E-state index in [1.807, 2.05) is 50.2 Å². The molecule has 2 aromatic rings. The van der Waals surface area contributed by atoms with Crippen molar-refractivity contribution in [2.45, 2.75) is 26.3 Å². The molecule has 0 unspecified atom stereocenters. The number of Topliss-reactive ketones (excluding diaryl/α,β-unsaturated/α-hetero) is 1. The van der Waals surface area contributed by atoms with Gasteiger partial charge in [-0.2, -0.15) is 0 Å². The van der Waals surface area contributed by atoms with Gasteiger partial charge in [0.15, 0.2) is 0 Å². The molecule has 1 aliphatic heterocycles. The maximum Gasteiger partial charge on any atom is 0.295 e. The van der Waals surface area contributed by atoms with Crippen molar-refractivity contribution in [3.63, 3.8) is 0 Å². The van der Waals surface area contributed by atoms with Crippen LogP contribution in [0.2, 0.25) is 0 Å². The van der Waals surface area contributed by atoms with Crippen molar-refractivity contribution in [1.29, 1.82) is 0 Å². The van der Waals surface area contributed by atoms with Crippen molar-refractivity contribution in [1.82, 2.24) is 4.90 Å². The number of aliphatic hydroxyl groups is 1. The minimum atomic E-state index is -0.654. The third-order valence-electron chi connectivity index (χ3n) is 5.43. The Kier molecular flexibility index (Phi) is 7.13. The molecule has 1 aliphatic rings. The van der Waals surface area contributed by atoms with Crippen LogP contribution >= 0.6 is 0 Å². The van der Waals surface area contributed by atoms with E-state index in [1.54, 1.807) is 17.0 Å². The number of hydrogen-bond donors (Lipinski definition) is 2. The van der Waals surface area contributed by atoms with Gasteiger partial charge in [-0.3, -0.25) is 9.59 Å². The molecular formula is C25H31N2O4+. The number of carbonyl (C=O) groups is 2. The predicted octanol–water partition coefficient (Wildman–Crippen LogP) is 2.35. The second-order valence-corrected chi connectivity index (χ2v) is 8.17. The Morgan fingerprint density at radius 2 is 1.84 bits per heavy atom. The molecule has 2 N–H and O–H groups in total. The summed E-state index contributed by atoms with van der Waals surface area (Å²) in [6.07, 6.45) is 0.752. The molecule has 31 heavy (non-hydrogen) atoms. The molecule has 6 nitrogen and oxygen atoms in total. The van der Waals surface area contributed by atoms with Gasteiger partial charge >= 0.3 is 0 Å². The van der Waals surface area contributed by atoms with E-state index < -0.39 is 17.7 Å². The monoisotopic (exact) mass is 423 g/mol. The topological polar surface area (TPSA) is 71.3 Å². The van der Waals surface area contributed by atoms with Crippen molar-refractivity contribution >= 4 is 17.4 Å². The molecule has 2 aromatic carbocycles. The Morgan fingerprint density at radius 1 is 1.13 bits per heavy atom. The lowest BCUT2D eigenvalue weighted by Gasteiger charge is -2.26. The second kappa shape index (κ2) is 9.79. The van der Waals surface area contributed by atoms with Gasteiger partial charge in [0.05, 0.1) is 38.9 Å². The minimum absolute atomic E-state index is 0.125. The van der Waals surface area contributed by atoms with Crippen molar-refractivity contribution in [2.24, 2.45) is 0 Å². The van der Waals surface area contributed by atoms with Crippen LogP contribution in [0.15, 0.2) is 54.1 Å². The SMILES string of the molecule is CCOc1cccc([C@H]2C(=C(O)c3ccc(C)cc3)C(=O)C(=O)N2CCC[NH+](C)C)c1. The fraction of sp³-hybridized carbons (Fsp3) is 0.360. The highest BCUT2D eigenvalue weighted by Gasteiger charge is 2.45. The van der Waals surface area contributed by atoms with Gasteiger partial charge in [-0.15, -0.1) is 0 Å². The van der Waals surface area contributed by atoms with Crippen molar-refractivity contribution in [2.75, 3.05) is 33.8 Å². The smallest absolute Gasteiger partial charge is 0.295 e. The van der Waals surface area contributed by atoms with E-state index in [2.05, 4.69) is 14.1 Å². The van der Waals surface area contributed by atoms with Crippen LogP contribution < -0.4 is 9.64 Å². The molecule has 1 amide bonds. The van der Waals surface area contributed by atoms with Crippen molar-refractivity contribution in [3.05, 3.63) is 70.8 Å². The summed E-state index contributed by atoms with van der Waals surface area (Å²) in [5, 5.41) is 11.1. The fourth-order valence-electron chi connectivity index (χ4n) is 3.87. The Bertz CT molecular complexity index is 979. The maximum atomic E-state index is 13.0. The second-order valence-electron chi connectivity index (χ2n) is 8.17. The number of likely N-dealkylation sites (tertiary alicyclic amines) is 1. The number of aryl methyl sites for hydroxylation is 1. The Hall–Kier alpha value is -3.12. The Labute approximate surface area is 183 Å². The van der Waals surface area contributed by atoms with Crippen molar-refractivity contribution in [3.8, 4) is 5.75 Å². The lowest BCUT2D eigenvalue weighted by molar-refractivity contribution is -0.858. The van der Waals surface area contributed by atoms with Gasteiger partial charge in [0.25, 0.3) is 11.7 Å². The number of nitrogens with zero attached hydrogens (tertiary/aromatic N) is 1. The maximum absolute atomic E-state index is 13.0. The lowest BCUT2D eigenvalue weighted by atomic mass is 9.95. The van der Waals surface area contributed by atoms with E-state index >= 15 is 0 Å². The molecule has 1 fully saturated rings. The Morgan fingerprint density at radius 3 is 2.48 bits per heavy atom. The molecule has 6 heteroatoms. The van der Waals surface area contributed by atoms with E-state index in [4.69, 9.17) is 4.74 Å². The van der Waals surface area contributed by atoms with Crippen LogP contribution in [0.5, 0.6) is 5.75 Å². The molecule has 1 heterocycles. The average Bonchev–Trinajstić information content (AvgIpc) is 2.99. The molecule has 0 radical (unpaired) electrons. The highest BCUT2D eigenvalue weighted by Crippen LogP contribution is 2.40. The predicted molar refractivity (Wildman–Crippen MR) is 120 cm³/mol. The molecule has 0 aliphatic carbocycles.